The van der Waals surface area contributed by atoms with Gasteiger partial charge in [-0.1, -0.05) is 12.1 Å². The van der Waals surface area contributed by atoms with Gasteiger partial charge < -0.3 is 9.47 Å². The number of carbonyl (C=O) groups is 2. The molecule has 1 aromatic carbocycles. The molecular formula is C22H24N6O4. The molecule has 1 aliphatic rings. The molecule has 10 heteroatoms. The van der Waals surface area contributed by atoms with Gasteiger partial charge in [-0.15, -0.1) is 5.10 Å². The predicted octanol–water partition coefficient (Wildman–Crippen LogP) is 2.81. The van der Waals surface area contributed by atoms with Crippen molar-refractivity contribution in [3.8, 4) is 17.3 Å². The molecule has 32 heavy (non-hydrogen) atoms. The van der Waals surface area contributed by atoms with Crippen LogP contribution >= 0.6 is 0 Å². The summed E-state index contributed by atoms with van der Waals surface area (Å²) in [6.07, 6.45) is 0.0215. The Kier molecular flexibility index (Phi) is 5.85. The lowest BCUT2D eigenvalue weighted by atomic mass is 10.1. The molecule has 0 saturated heterocycles. The summed E-state index contributed by atoms with van der Waals surface area (Å²) in [6.45, 7) is 7.62. The van der Waals surface area contributed by atoms with Gasteiger partial charge in [0.25, 0.3) is 5.91 Å². The van der Waals surface area contributed by atoms with Gasteiger partial charge in [0.15, 0.2) is 0 Å². The Balaban J connectivity index is 1.59. The summed E-state index contributed by atoms with van der Waals surface area (Å²) < 4.78 is 12.3. The van der Waals surface area contributed by atoms with E-state index in [9.17, 15) is 9.59 Å². The van der Waals surface area contributed by atoms with E-state index in [0.717, 1.165) is 5.56 Å². The third-order valence-corrected chi connectivity index (χ3v) is 4.94. The average Bonchev–Trinajstić information content (AvgIpc) is 3.37. The first-order valence-corrected chi connectivity index (χ1v) is 10.3. The highest BCUT2D eigenvalue weighted by molar-refractivity contribution is 6.09. The molecule has 4 rings (SSSR count). The van der Waals surface area contributed by atoms with Crippen molar-refractivity contribution in [3.05, 3.63) is 47.5 Å². The smallest absolute Gasteiger partial charge is 0.302 e. The van der Waals surface area contributed by atoms with Crippen LogP contribution in [0.25, 0.3) is 11.5 Å². The fourth-order valence-electron chi connectivity index (χ4n) is 3.48. The largest absolute Gasteiger partial charge is 0.491 e. The van der Waals surface area contributed by atoms with Gasteiger partial charge in [-0.05, 0) is 61.0 Å². The van der Waals surface area contributed by atoms with Gasteiger partial charge in [-0.3, -0.25) is 14.5 Å². The molecule has 0 spiro atoms. The number of amides is 1. The molecule has 0 unspecified atom stereocenters. The Bertz CT molecular complexity index is 1160. The molecular weight excluding hydrogens is 412 g/mol. The number of esters is 1. The molecule has 0 fully saturated rings. The van der Waals surface area contributed by atoms with E-state index in [0.29, 0.717) is 35.2 Å². The van der Waals surface area contributed by atoms with E-state index in [4.69, 9.17) is 9.47 Å². The molecule has 0 radical (unpaired) electrons. The molecule has 1 atom stereocenters. The van der Waals surface area contributed by atoms with Gasteiger partial charge in [0.2, 0.25) is 5.82 Å². The number of fused-ring (bicyclic) bond motifs is 1. The van der Waals surface area contributed by atoms with Crippen LogP contribution < -0.4 is 9.64 Å². The molecule has 0 aliphatic carbocycles. The highest BCUT2D eigenvalue weighted by Crippen LogP contribution is 2.31. The number of nitrogens with zero attached hydrogens (tertiary/aromatic N) is 6. The van der Waals surface area contributed by atoms with Crippen LogP contribution in [0.15, 0.2) is 36.4 Å². The summed E-state index contributed by atoms with van der Waals surface area (Å²) in [5.41, 5.74) is 2.03. The van der Waals surface area contributed by atoms with Crippen LogP contribution in [0.2, 0.25) is 0 Å². The zero-order valence-electron chi connectivity index (χ0n) is 18.3. The number of hydrogen-bond acceptors (Lipinski definition) is 8. The van der Waals surface area contributed by atoms with Crippen LogP contribution in [-0.2, 0) is 16.1 Å². The standard InChI is InChI=1S/C22H24N6O4/c1-13(2)32-17-9-8-16-11-27(22(30)18(16)10-17)20-7-5-6-19(23-20)21-24-25-26-28(21)14(3)12-31-15(4)29/h5-10,13-14H,11-12H2,1-4H3/t14-/m1/s1. The quantitative estimate of drug-likeness (QED) is 0.520. The topological polar surface area (TPSA) is 112 Å². The second-order valence-electron chi connectivity index (χ2n) is 7.86. The molecule has 0 saturated carbocycles. The Labute approximate surface area is 185 Å². The van der Waals surface area contributed by atoms with Crippen molar-refractivity contribution in [3.63, 3.8) is 0 Å². The second-order valence-corrected chi connectivity index (χ2v) is 7.86. The number of ether oxygens (including phenoxy) is 2. The monoisotopic (exact) mass is 436 g/mol. The zero-order valence-corrected chi connectivity index (χ0v) is 18.3. The van der Waals surface area contributed by atoms with Crippen LogP contribution in [0.5, 0.6) is 5.75 Å². The lowest BCUT2D eigenvalue weighted by Crippen LogP contribution is -2.24. The van der Waals surface area contributed by atoms with Crippen LogP contribution in [0.3, 0.4) is 0 Å². The minimum absolute atomic E-state index is 0.0215. The van der Waals surface area contributed by atoms with Gasteiger partial charge in [0.05, 0.1) is 18.7 Å². The van der Waals surface area contributed by atoms with Crippen LogP contribution in [0.1, 0.15) is 49.7 Å². The summed E-state index contributed by atoms with van der Waals surface area (Å²) in [4.78, 5) is 30.5. The van der Waals surface area contributed by atoms with E-state index in [-0.39, 0.29) is 30.6 Å². The Morgan fingerprint density at radius 1 is 1.19 bits per heavy atom. The highest BCUT2D eigenvalue weighted by atomic mass is 16.5. The molecule has 1 aliphatic heterocycles. The molecule has 166 valence electrons. The van der Waals surface area contributed by atoms with Crippen molar-refractivity contribution in [1.82, 2.24) is 25.2 Å². The maximum atomic E-state index is 13.1. The molecule has 2 aromatic heterocycles. The Hall–Kier alpha value is -3.82. The summed E-state index contributed by atoms with van der Waals surface area (Å²) in [7, 11) is 0. The van der Waals surface area contributed by atoms with Crippen molar-refractivity contribution in [2.75, 3.05) is 11.5 Å². The van der Waals surface area contributed by atoms with Gasteiger partial charge in [0, 0.05) is 12.5 Å². The van der Waals surface area contributed by atoms with Gasteiger partial charge >= 0.3 is 5.97 Å². The molecule has 3 heterocycles. The molecule has 3 aromatic rings. The van der Waals surface area contributed by atoms with Crippen LogP contribution in [0.4, 0.5) is 5.82 Å². The van der Waals surface area contributed by atoms with E-state index in [1.807, 2.05) is 32.9 Å². The summed E-state index contributed by atoms with van der Waals surface area (Å²) in [6, 6.07) is 10.6. The number of benzene rings is 1. The summed E-state index contributed by atoms with van der Waals surface area (Å²) in [5, 5.41) is 11.8. The SMILES string of the molecule is CC(=O)OC[C@@H](C)n1nnnc1-c1cccc(N2Cc3ccc(OC(C)C)cc3C2=O)n1. The lowest BCUT2D eigenvalue weighted by molar-refractivity contribution is -0.142. The van der Waals surface area contributed by atoms with E-state index in [1.54, 1.807) is 33.8 Å². The van der Waals surface area contributed by atoms with Crippen molar-refractivity contribution < 1.29 is 19.1 Å². The number of hydrogen-bond donors (Lipinski definition) is 0. The number of carbonyl (C=O) groups excluding carboxylic acids is 2. The van der Waals surface area contributed by atoms with Crippen molar-refractivity contribution in [2.24, 2.45) is 0 Å². The lowest BCUT2D eigenvalue weighted by Gasteiger charge is -2.16. The normalized spacial score (nSPS) is 13.9. The molecule has 10 nitrogen and oxygen atoms in total. The average molecular weight is 436 g/mol. The number of pyridine rings is 1. The van der Waals surface area contributed by atoms with Gasteiger partial charge in [0.1, 0.15) is 23.9 Å². The molecule has 1 amide bonds. The second kappa shape index (κ2) is 8.74. The van der Waals surface area contributed by atoms with Crippen molar-refractivity contribution in [1.29, 1.82) is 0 Å². The summed E-state index contributed by atoms with van der Waals surface area (Å²) in [5.74, 6) is 1.07. The summed E-state index contributed by atoms with van der Waals surface area (Å²) >= 11 is 0. The first-order valence-electron chi connectivity index (χ1n) is 10.3. The van der Waals surface area contributed by atoms with E-state index >= 15 is 0 Å². The maximum Gasteiger partial charge on any atom is 0.302 e. The maximum absolute atomic E-state index is 13.1. The minimum atomic E-state index is -0.374. The zero-order chi connectivity index (χ0) is 22.8. The fraction of sp³-hybridized carbons (Fsp3) is 0.364. The third-order valence-electron chi connectivity index (χ3n) is 4.94. The predicted molar refractivity (Wildman–Crippen MR) is 115 cm³/mol. The Morgan fingerprint density at radius 2 is 2.00 bits per heavy atom. The highest BCUT2D eigenvalue weighted by Gasteiger charge is 2.30. The Morgan fingerprint density at radius 3 is 2.75 bits per heavy atom. The van der Waals surface area contributed by atoms with Crippen LogP contribution in [-0.4, -0.2) is 49.8 Å². The first-order chi connectivity index (χ1) is 15.3. The van der Waals surface area contributed by atoms with E-state index < -0.39 is 0 Å². The number of tetrazole rings is 1. The third kappa shape index (κ3) is 4.29. The fourth-order valence-corrected chi connectivity index (χ4v) is 3.48. The van der Waals surface area contributed by atoms with E-state index in [1.165, 1.54) is 6.92 Å². The van der Waals surface area contributed by atoms with Crippen LogP contribution in [0, 0.1) is 0 Å². The number of anilines is 1. The van der Waals surface area contributed by atoms with Gasteiger partial charge in [-0.25, -0.2) is 9.67 Å². The molecule has 0 bridgehead atoms. The molecule has 0 N–H and O–H groups in total. The van der Waals surface area contributed by atoms with E-state index in [2.05, 4.69) is 20.5 Å². The van der Waals surface area contributed by atoms with Crippen molar-refractivity contribution in [2.45, 2.75) is 46.4 Å². The van der Waals surface area contributed by atoms with Crippen molar-refractivity contribution >= 4 is 17.7 Å². The first kappa shape index (κ1) is 21.4. The minimum Gasteiger partial charge on any atom is -0.491 e. The van der Waals surface area contributed by atoms with Gasteiger partial charge in [-0.2, -0.15) is 0 Å². The number of aromatic nitrogens is 5. The number of rotatable bonds is 7.